The van der Waals surface area contributed by atoms with Crippen LogP contribution in [0.4, 0.5) is 0 Å². The average molecular weight is 347 g/mol. The van der Waals surface area contributed by atoms with Gasteiger partial charge in [-0.15, -0.1) is 6.58 Å². The van der Waals surface area contributed by atoms with E-state index in [9.17, 15) is 4.79 Å². The van der Waals surface area contributed by atoms with Gasteiger partial charge >= 0.3 is 0 Å². The first-order valence-electron chi connectivity index (χ1n) is 9.03. The molecule has 1 heterocycles. The van der Waals surface area contributed by atoms with Crippen molar-refractivity contribution in [3.8, 4) is 11.5 Å². The Kier molecular flexibility index (Phi) is 7.31. The van der Waals surface area contributed by atoms with E-state index in [0.717, 1.165) is 29.9 Å². The molecule has 0 saturated heterocycles. The van der Waals surface area contributed by atoms with Crippen LogP contribution in [0, 0.1) is 0 Å². The molecule has 1 aromatic carbocycles. The topological polar surface area (TPSA) is 48.0 Å². The lowest BCUT2D eigenvalue weighted by Gasteiger charge is -2.31. The zero-order valence-corrected chi connectivity index (χ0v) is 15.5. The minimum Gasteiger partial charge on any atom is -0.490 e. The third kappa shape index (κ3) is 4.98. The molecule has 1 amide bonds. The number of fused-ring (bicyclic) bond motifs is 1. The smallest absolute Gasteiger partial charge is 0.251 e. The predicted molar refractivity (Wildman–Crippen MR) is 98.1 cm³/mol. The Morgan fingerprint density at radius 1 is 1.24 bits per heavy atom. The number of rotatable bonds is 9. The largest absolute Gasteiger partial charge is 0.490 e. The van der Waals surface area contributed by atoms with Gasteiger partial charge in [0.15, 0.2) is 11.5 Å². The van der Waals surface area contributed by atoms with E-state index in [-0.39, 0.29) is 5.91 Å². The van der Waals surface area contributed by atoms with Crippen LogP contribution < -0.4 is 9.47 Å². The normalized spacial score (nSPS) is 14.6. The SMILES string of the molecule is C=CCCOC(C)C(=O)N1CCc2cc(OCC)c(OCC)cc2C1. The zero-order chi connectivity index (χ0) is 18.2. The van der Waals surface area contributed by atoms with Crippen molar-refractivity contribution in [3.05, 3.63) is 35.9 Å². The van der Waals surface area contributed by atoms with Crippen molar-refractivity contribution in [1.29, 1.82) is 0 Å². The van der Waals surface area contributed by atoms with Gasteiger partial charge in [-0.25, -0.2) is 0 Å². The molecule has 25 heavy (non-hydrogen) atoms. The van der Waals surface area contributed by atoms with Crippen LogP contribution in [-0.4, -0.2) is 43.3 Å². The van der Waals surface area contributed by atoms with Crippen LogP contribution >= 0.6 is 0 Å². The first-order chi connectivity index (χ1) is 12.1. The van der Waals surface area contributed by atoms with Gasteiger partial charge in [0.2, 0.25) is 0 Å². The van der Waals surface area contributed by atoms with E-state index in [4.69, 9.17) is 14.2 Å². The van der Waals surface area contributed by atoms with E-state index in [1.807, 2.05) is 31.7 Å². The van der Waals surface area contributed by atoms with Crippen molar-refractivity contribution in [3.63, 3.8) is 0 Å². The third-order valence-electron chi connectivity index (χ3n) is 4.23. The number of carbonyl (C=O) groups is 1. The fourth-order valence-electron chi connectivity index (χ4n) is 2.95. The number of ether oxygens (including phenoxy) is 3. The molecule has 0 spiro atoms. The van der Waals surface area contributed by atoms with Crippen molar-refractivity contribution >= 4 is 5.91 Å². The summed E-state index contributed by atoms with van der Waals surface area (Å²) in [5.41, 5.74) is 2.33. The van der Waals surface area contributed by atoms with Gasteiger partial charge in [0.1, 0.15) is 6.10 Å². The summed E-state index contributed by atoms with van der Waals surface area (Å²) >= 11 is 0. The van der Waals surface area contributed by atoms with Crippen molar-refractivity contribution in [2.75, 3.05) is 26.4 Å². The minimum atomic E-state index is -0.435. The first-order valence-corrected chi connectivity index (χ1v) is 9.03. The Morgan fingerprint density at radius 3 is 2.48 bits per heavy atom. The van der Waals surface area contributed by atoms with E-state index in [1.165, 1.54) is 5.56 Å². The van der Waals surface area contributed by atoms with Gasteiger partial charge < -0.3 is 19.1 Å². The second-order valence-electron chi connectivity index (χ2n) is 6.03. The molecular formula is C20H29NO4. The quantitative estimate of drug-likeness (QED) is 0.508. The summed E-state index contributed by atoms with van der Waals surface area (Å²) in [7, 11) is 0. The standard InChI is InChI=1S/C20H29NO4/c1-5-8-11-25-15(4)20(22)21-10-9-16-12-18(23-6-2)19(24-7-3)13-17(16)14-21/h5,12-13,15H,1,6-11,14H2,2-4H3. The van der Waals surface area contributed by atoms with Crippen LogP contribution in [-0.2, 0) is 22.5 Å². The number of benzene rings is 1. The number of carbonyl (C=O) groups excluding carboxylic acids is 1. The van der Waals surface area contributed by atoms with Crippen molar-refractivity contribution in [2.45, 2.75) is 46.3 Å². The molecule has 1 aromatic rings. The molecule has 138 valence electrons. The van der Waals surface area contributed by atoms with E-state index >= 15 is 0 Å². The number of hydrogen-bond acceptors (Lipinski definition) is 4. The van der Waals surface area contributed by atoms with Crippen LogP contribution in [0.15, 0.2) is 24.8 Å². The van der Waals surface area contributed by atoms with E-state index < -0.39 is 6.10 Å². The lowest BCUT2D eigenvalue weighted by molar-refractivity contribution is -0.143. The van der Waals surface area contributed by atoms with Gasteiger partial charge in [-0.05, 0) is 56.9 Å². The highest BCUT2D eigenvalue weighted by Gasteiger charge is 2.26. The molecule has 1 aliphatic rings. The van der Waals surface area contributed by atoms with Crippen LogP contribution in [0.5, 0.6) is 11.5 Å². The molecule has 0 radical (unpaired) electrons. The monoisotopic (exact) mass is 347 g/mol. The van der Waals surface area contributed by atoms with Crippen LogP contribution in [0.25, 0.3) is 0 Å². The third-order valence-corrected chi connectivity index (χ3v) is 4.23. The molecule has 5 nitrogen and oxygen atoms in total. The Bertz CT molecular complexity index is 600. The summed E-state index contributed by atoms with van der Waals surface area (Å²) in [5.74, 6) is 1.55. The Balaban J connectivity index is 2.10. The molecule has 1 unspecified atom stereocenters. The molecule has 0 saturated carbocycles. The Labute approximate surface area is 150 Å². The molecule has 0 fully saturated rings. The van der Waals surface area contributed by atoms with Gasteiger partial charge in [-0.3, -0.25) is 4.79 Å². The maximum atomic E-state index is 12.6. The lowest BCUT2D eigenvalue weighted by atomic mass is 9.98. The van der Waals surface area contributed by atoms with Crippen LogP contribution in [0.3, 0.4) is 0 Å². The molecule has 1 aliphatic heterocycles. The lowest BCUT2D eigenvalue weighted by Crippen LogP contribution is -2.42. The van der Waals surface area contributed by atoms with Gasteiger partial charge in [-0.1, -0.05) is 6.08 Å². The second kappa shape index (κ2) is 9.47. The van der Waals surface area contributed by atoms with E-state index in [0.29, 0.717) is 32.9 Å². The fourth-order valence-corrected chi connectivity index (χ4v) is 2.95. The van der Waals surface area contributed by atoms with Gasteiger partial charge in [0.25, 0.3) is 5.91 Å². The fraction of sp³-hybridized carbons (Fsp3) is 0.550. The van der Waals surface area contributed by atoms with E-state index in [2.05, 4.69) is 12.6 Å². The molecule has 0 aliphatic carbocycles. The summed E-state index contributed by atoms with van der Waals surface area (Å²) in [5, 5.41) is 0. The zero-order valence-electron chi connectivity index (χ0n) is 15.5. The first kappa shape index (κ1) is 19.3. The summed E-state index contributed by atoms with van der Waals surface area (Å²) < 4.78 is 17.0. The van der Waals surface area contributed by atoms with Crippen LogP contribution in [0.2, 0.25) is 0 Å². The second-order valence-corrected chi connectivity index (χ2v) is 6.03. The Hall–Kier alpha value is -2.01. The van der Waals surface area contributed by atoms with E-state index in [1.54, 1.807) is 6.08 Å². The van der Waals surface area contributed by atoms with Gasteiger partial charge in [0, 0.05) is 13.1 Å². The molecule has 0 aromatic heterocycles. The van der Waals surface area contributed by atoms with Crippen molar-refractivity contribution in [2.24, 2.45) is 0 Å². The maximum absolute atomic E-state index is 12.6. The molecular weight excluding hydrogens is 318 g/mol. The molecule has 1 atom stereocenters. The highest BCUT2D eigenvalue weighted by Crippen LogP contribution is 2.34. The van der Waals surface area contributed by atoms with Crippen molar-refractivity contribution < 1.29 is 19.0 Å². The van der Waals surface area contributed by atoms with Gasteiger partial charge in [-0.2, -0.15) is 0 Å². The summed E-state index contributed by atoms with van der Waals surface area (Å²) in [4.78, 5) is 14.5. The molecule has 5 heteroatoms. The number of nitrogens with zero attached hydrogens (tertiary/aromatic N) is 1. The summed E-state index contributed by atoms with van der Waals surface area (Å²) in [6.07, 6.45) is 2.92. The predicted octanol–water partition coefficient (Wildman–Crippen LogP) is 3.35. The number of hydrogen-bond donors (Lipinski definition) is 0. The molecule has 0 bridgehead atoms. The van der Waals surface area contributed by atoms with Crippen molar-refractivity contribution in [1.82, 2.24) is 4.90 Å². The average Bonchev–Trinajstić information content (AvgIpc) is 2.61. The van der Waals surface area contributed by atoms with Gasteiger partial charge in [0.05, 0.1) is 19.8 Å². The maximum Gasteiger partial charge on any atom is 0.251 e. The molecule has 0 N–H and O–H groups in total. The molecule has 2 rings (SSSR count). The summed E-state index contributed by atoms with van der Waals surface area (Å²) in [6.45, 7) is 12.4. The highest BCUT2D eigenvalue weighted by molar-refractivity contribution is 5.80. The summed E-state index contributed by atoms with van der Waals surface area (Å²) in [6, 6.07) is 4.06. The highest BCUT2D eigenvalue weighted by atomic mass is 16.5. The number of amides is 1. The Morgan fingerprint density at radius 2 is 1.88 bits per heavy atom. The van der Waals surface area contributed by atoms with Crippen LogP contribution in [0.1, 0.15) is 38.3 Å². The minimum absolute atomic E-state index is 0.0292.